The van der Waals surface area contributed by atoms with Crippen LogP contribution < -0.4 is 10.1 Å². The lowest BCUT2D eigenvalue weighted by Gasteiger charge is -2.32. The molecular weight excluding hydrogens is 599 g/mol. The van der Waals surface area contributed by atoms with E-state index in [9.17, 15) is 9.59 Å². The van der Waals surface area contributed by atoms with Crippen LogP contribution in [0.5, 0.6) is 5.75 Å². The van der Waals surface area contributed by atoms with Crippen molar-refractivity contribution in [3.63, 3.8) is 0 Å². The smallest absolute Gasteiger partial charge is 0.261 e. The minimum absolute atomic E-state index is 0.0430. The second kappa shape index (κ2) is 14.7. The van der Waals surface area contributed by atoms with Crippen LogP contribution in [0.3, 0.4) is 0 Å². The maximum absolute atomic E-state index is 13.8. The number of carbonyl (C=O) groups is 2. The summed E-state index contributed by atoms with van der Waals surface area (Å²) in [7, 11) is 0. The fourth-order valence-corrected chi connectivity index (χ4v) is 5.02. The van der Waals surface area contributed by atoms with Crippen molar-refractivity contribution in [3.05, 3.63) is 97.9 Å². The first-order valence-corrected chi connectivity index (χ1v) is 14.6. The third-order valence-electron chi connectivity index (χ3n) is 6.60. The normalized spacial score (nSPS) is 12.6. The zero-order valence-corrected chi connectivity index (χ0v) is 25.8. The Labute approximate surface area is 250 Å². The molecule has 0 aliphatic rings. The Kier molecular flexibility index (Phi) is 11.7. The zero-order valence-electron chi connectivity index (χ0n) is 22.7. The third-order valence-corrected chi connectivity index (χ3v) is 7.81. The number of hydrogen-bond donors (Lipinski definition) is 1. The molecule has 0 fully saturated rings. The van der Waals surface area contributed by atoms with Gasteiger partial charge in [0.15, 0.2) is 6.61 Å². The van der Waals surface area contributed by atoms with Crippen molar-refractivity contribution in [2.24, 2.45) is 0 Å². The van der Waals surface area contributed by atoms with Crippen LogP contribution in [0, 0.1) is 0 Å². The van der Waals surface area contributed by atoms with Gasteiger partial charge in [0.2, 0.25) is 5.91 Å². The summed E-state index contributed by atoms with van der Waals surface area (Å²) in [6.07, 6.45) is 1.11. The summed E-state index contributed by atoms with van der Waals surface area (Å²) in [4.78, 5) is 29.0. The summed E-state index contributed by atoms with van der Waals surface area (Å²) in [5, 5.41) is 3.98. The molecule has 0 spiro atoms. The van der Waals surface area contributed by atoms with Gasteiger partial charge < -0.3 is 15.0 Å². The molecule has 0 saturated carbocycles. The van der Waals surface area contributed by atoms with Crippen molar-refractivity contribution in [1.29, 1.82) is 0 Å². The monoisotopic (exact) mass is 632 g/mol. The predicted molar refractivity (Wildman–Crippen MR) is 163 cm³/mol. The van der Waals surface area contributed by atoms with Crippen molar-refractivity contribution >= 4 is 50.9 Å². The van der Waals surface area contributed by atoms with Gasteiger partial charge in [0, 0.05) is 29.1 Å². The molecule has 0 bridgehead atoms. The molecule has 1 N–H and O–H groups in total. The van der Waals surface area contributed by atoms with Crippen molar-refractivity contribution in [2.45, 2.75) is 65.1 Å². The highest BCUT2D eigenvalue weighted by Crippen LogP contribution is 2.29. The molecule has 208 valence electrons. The van der Waals surface area contributed by atoms with E-state index >= 15 is 0 Å². The Bertz CT molecular complexity index is 1270. The molecule has 0 aromatic heterocycles. The standard InChI is InChI=1S/C31H35BrCl2N2O3/c1-5-21(4)35-31(38)28(15-22-9-7-6-8-10-22)36(18-24-11-13-25(33)17-27(24)34)30(37)19-39-29-14-12-23(20(2)3)16-26(29)32/h6-14,16-17,20-21,28H,5,15,18-19H2,1-4H3,(H,35,38)/t21-,28+/m1/s1. The predicted octanol–water partition coefficient (Wildman–Crippen LogP) is 7.81. The van der Waals surface area contributed by atoms with E-state index in [2.05, 4.69) is 35.1 Å². The fourth-order valence-electron chi connectivity index (χ4n) is 4.04. The Morgan fingerprint density at radius 3 is 2.33 bits per heavy atom. The average Bonchev–Trinajstić information content (AvgIpc) is 2.91. The van der Waals surface area contributed by atoms with Crippen LogP contribution in [0.15, 0.2) is 71.2 Å². The topological polar surface area (TPSA) is 58.6 Å². The number of nitrogens with one attached hydrogen (secondary N) is 1. The van der Waals surface area contributed by atoms with Crippen LogP contribution >= 0.6 is 39.1 Å². The SMILES string of the molecule is CC[C@@H](C)NC(=O)[C@H](Cc1ccccc1)N(Cc1ccc(Cl)cc1Cl)C(=O)COc1ccc(C(C)C)cc1Br. The summed E-state index contributed by atoms with van der Waals surface area (Å²) in [5.41, 5.74) is 2.78. The maximum Gasteiger partial charge on any atom is 0.261 e. The highest BCUT2D eigenvalue weighted by atomic mass is 79.9. The molecule has 0 aliphatic carbocycles. The Morgan fingerprint density at radius 1 is 1.00 bits per heavy atom. The van der Waals surface area contributed by atoms with E-state index in [0.29, 0.717) is 33.7 Å². The van der Waals surface area contributed by atoms with Crippen LogP contribution in [-0.2, 0) is 22.6 Å². The molecular formula is C31H35BrCl2N2O3. The minimum Gasteiger partial charge on any atom is -0.483 e. The van der Waals surface area contributed by atoms with Gasteiger partial charge in [-0.25, -0.2) is 0 Å². The van der Waals surface area contributed by atoms with E-state index in [1.807, 2.05) is 62.4 Å². The van der Waals surface area contributed by atoms with Crippen LogP contribution in [0.25, 0.3) is 0 Å². The summed E-state index contributed by atoms with van der Waals surface area (Å²) >= 11 is 16.2. The molecule has 0 saturated heterocycles. The van der Waals surface area contributed by atoms with E-state index in [4.69, 9.17) is 27.9 Å². The molecule has 3 aromatic carbocycles. The van der Waals surface area contributed by atoms with Gasteiger partial charge in [-0.15, -0.1) is 0 Å². The minimum atomic E-state index is -0.781. The highest BCUT2D eigenvalue weighted by Gasteiger charge is 2.31. The number of halogens is 3. The van der Waals surface area contributed by atoms with Gasteiger partial charge in [-0.2, -0.15) is 0 Å². The molecule has 0 heterocycles. The van der Waals surface area contributed by atoms with E-state index in [-0.39, 0.29) is 31.0 Å². The first kappa shape index (κ1) is 31.0. The fraction of sp³-hybridized carbons (Fsp3) is 0.355. The summed E-state index contributed by atoms with van der Waals surface area (Å²) in [5.74, 6) is 0.357. The molecule has 0 radical (unpaired) electrons. The number of nitrogens with zero attached hydrogens (tertiary/aromatic N) is 1. The lowest BCUT2D eigenvalue weighted by atomic mass is 10.0. The second-order valence-electron chi connectivity index (χ2n) is 9.91. The molecule has 0 unspecified atom stereocenters. The summed E-state index contributed by atoms with van der Waals surface area (Å²) in [6.45, 7) is 8.06. The lowest BCUT2D eigenvalue weighted by molar-refractivity contribution is -0.143. The first-order chi connectivity index (χ1) is 18.6. The number of carbonyl (C=O) groups excluding carboxylic acids is 2. The number of amides is 2. The molecule has 3 aromatic rings. The van der Waals surface area contributed by atoms with Crippen LogP contribution in [-0.4, -0.2) is 35.4 Å². The first-order valence-electron chi connectivity index (χ1n) is 13.1. The third kappa shape index (κ3) is 8.99. The molecule has 2 amide bonds. The summed E-state index contributed by atoms with van der Waals surface area (Å²) < 4.78 is 6.73. The van der Waals surface area contributed by atoms with Gasteiger partial charge in [-0.05, 0) is 76.1 Å². The molecule has 8 heteroatoms. The Morgan fingerprint density at radius 2 is 1.72 bits per heavy atom. The Balaban J connectivity index is 1.94. The molecule has 39 heavy (non-hydrogen) atoms. The van der Waals surface area contributed by atoms with Crippen molar-refractivity contribution < 1.29 is 14.3 Å². The maximum atomic E-state index is 13.8. The van der Waals surface area contributed by atoms with Crippen molar-refractivity contribution in [1.82, 2.24) is 10.2 Å². The number of ether oxygens (including phenoxy) is 1. The van der Waals surface area contributed by atoms with Gasteiger partial charge in [-0.1, -0.05) is 86.4 Å². The van der Waals surface area contributed by atoms with Gasteiger partial charge in [0.1, 0.15) is 11.8 Å². The number of benzene rings is 3. The van der Waals surface area contributed by atoms with Crippen molar-refractivity contribution in [3.8, 4) is 5.75 Å². The highest BCUT2D eigenvalue weighted by molar-refractivity contribution is 9.10. The number of hydrogen-bond acceptors (Lipinski definition) is 3. The van der Waals surface area contributed by atoms with E-state index in [1.165, 1.54) is 0 Å². The molecule has 2 atom stereocenters. The second-order valence-corrected chi connectivity index (χ2v) is 11.6. The van der Waals surface area contributed by atoms with Gasteiger partial charge in [-0.3, -0.25) is 9.59 Å². The zero-order chi connectivity index (χ0) is 28.5. The molecule has 5 nitrogen and oxygen atoms in total. The van der Waals surface area contributed by atoms with Crippen LogP contribution in [0.1, 0.15) is 56.7 Å². The van der Waals surface area contributed by atoms with E-state index < -0.39 is 6.04 Å². The lowest BCUT2D eigenvalue weighted by Crippen LogP contribution is -2.53. The quantitative estimate of drug-likeness (QED) is 0.221. The van der Waals surface area contributed by atoms with Crippen LogP contribution in [0.2, 0.25) is 10.0 Å². The van der Waals surface area contributed by atoms with Gasteiger partial charge in [0.25, 0.3) is 5.91 Å². The van der Waals surface area contributed by atoms with Crippen molar-refractivity contribution in [2.75, 3.05) is 6.61 Å². The largest absolute Gasteiger partial charge is 0.483 e. The molecule has 3 rings (SSSR count). The van der Waals surface area contributed by atoms with E-state index in [0.717, 1.165) is 22.0 Å². The van der Waals surface area contributed by atoms with E-state index in [1.54, 1.807) is 23.1 Å². The van der Waals surface area contributed by atoms with Gasteiger partial charge in [0.05, 0.1) is 4.47 Å². The number of rotatable bonds is 12. The summed E-state index contributed by atoms with van der Waals surface area (Å²) in [6, 6.07) is 19.8. The average molecular weight is 634 g/mol. The Hall–Kier alpha value is -2.54. The van der Waals surface area contributed by atoms with Crippen LogP contribution in [0.4, 0.5) is 0 Å². The van der Waals surface area contributed by atoms with Gasteiger partial charge >= 0.3 is 0 Å². The molecule has 0 aliphatic heterocycles.